The molecule has 3 rings (SSSR count). The zero-order chi connectivity index (χ0) is 18.5. The summed E-state index contributed by atoms with van der Waals surface area (Å²) in [6, 6.07) is 12.2. The Hall–Kier alpha value is -2.73. The molecule has 7 heteroatoms. The number of benzene rings is 2. The summed E-state index contributed by atoms with van der Waals surface area (Å²) in [6.45, 7) is 0.870. The number of ether oxygens (including phenoxy) is 2. The van der Waals surface area contributed by atoms with Gasteiger partial charge in [0.1, 0.15) is 13.2 Å². The Morgan fingerprint density at radius 2 is 1.88 bits per heavy atom. The smallest absolute Gasteiger partial charge is 0.312 e. The van der Waals surface area contributed by atoms with Gasteiger partial charge in [0.25, 0.3) is 0 Å². The van der Waals surface area contributed by atoms with Crippen molar-refractivity contribution in [3.63, 3.8) is 0 Å². The van der Waals surface area contributed by atoms with Crippen LogP contribution in [0.2, 0.25) is 5.02 Å². The number of halogens is 1. The Morgan fingerprint density at radius 3 is 2.62 bits per heavy atom. The van der Waals surface area contributed by atoms with E-state index in [0.717, 1.165) is 0 Å². The molecule has 1 heterocycles. The highest BCUT2D eigenvalue weighted by atomic mass is 35.5. The van der Waals surface area contributed by atoms with Crippen molar-refractivity contribution in [3.8, 4) is 11.5 Å². The van der Waals surface area contributed by atoms with E-state index in [1.165, 1.54) is 0 Å². The lowest BCUT2D eigenvalue weighted by Crippen LogP contribution is -2.32. The van der Waals surface area contributed by atoms with Crippen molar-refractivity contribution in [1.29, 1.82) is 0 Å². The summed E-state index contributed by atoms with van der Waals surface area (Å²) in [7, 11) is 0. The summed E-state index contributed by atoms with van der Waals surface area (Å²) >= 11 is 6.17. The zero-order valence-corrected chi connectivity index (χ0v) is 14.7. The molecule has 2 N–H and O–H groups in total. The Labute approximate surface area is 155 Å². The fourth-order valence-electron chi connectivity index (χ4n) is 2.76. The number of amides is 1. The van der Waals surface area contributed by atoms with Gasteiger partial charge < -0.3 is 19.9 Å². The molecule has 2 aromatic carbocycles. The van der Waals surface area contributed by atoms with E-state index in [4.69, 9.17) is 21.1 Å². The van der Waals surface area contributed by atoms with Gasteiger partial charge in [0.2, 0.25) is 5.91 Å². The molecule has 0 fully saturated rings. The van der Waals surface area contributed by atoms with Crippen LogP contribution in [0, 0.1) is 0 Å². The van der Waals surface area contributed by atoms with Crippen LogP contribution in [0.15, 0.2) is 42.5 Å². The molecule has 1 amide bonds. The molecule has 0 bridgehead atoms. The lowest BCUT2D eigenvalue weighted by atomic mass is 9.99. The highest BCUT2D eigenvalue weighted by molar-refractivity contribution is 6.32. The topological polar surface area (TPSA) is 84.9 Å². The third kappa shape index (κ3) is 4.26. The Balaban J connectivity index is 1.63. The fourth-order valence-corrected chi connectivity index (χ4v) is 3.05. The minimum atomic E-state index is -0.987. The molecular weight excluding hydrogens is 358 g/mol. The van der Waals surface area contributed by atoms with Crippen LogP contribution in [0.1, 0.15) is 17.0 Å². The third-order valence-electron chi connectivity index (χ3n) is 4.02. The van der Waals surface area contributed by atoms with E-state index >= 15 is 0 Å². The predicted molar refractivity (Wildman–Crippen MR) is 96.0 cm³/mol. The summed E-state index contributed by atoms with van der Waals surface area (Å²) in [5.74, 6) is -1.08. The van der Waals surface area contributed by atoms with Crippen LogP contribution in [-0.2, 0) is 16.0 Å². The molecule has 6 nitrogen and oxygen atoms in total. The number of carboxylic acids is 1. The Morgan fingerprint density at radius 1 is 1.15 bits per heavy atom. The first-order valence-corrected chi connectivity index (χ1v) is 8.55. The van der Waals surface area contributed by atoms with Gasteiger partial charge in [0.05, 0.1) is 17.4 Å². The van der Waals surface area contributed by atoms with Gasteiger partial charge in [0, 0.05) is 6.54 Å². The van der Waals surface area contributed by atoms with Crippen LogP contribution < -0.4 is 14.8 Å². The third-order valence-corrected chi connectivity index (χ3v) is 4.31. The molecule has 0 saturated carbocycles. The normalized spacial score (nSPS) is 13.7. The Bertz CT molecular complexity index is 809. The second kappa shape index (κ2) is 8.10. The van der Waals surface area contributed by atoms with Gasteiger partial charge in [-0.15, -0.1) is 0 Å². The molecule has 1 unspecified atom stereocenters. The predicted octanol–water partition coefficient (Wildman–Crippen LogP) is 2.64. The number of aliphatic carboxylic acids is 1. The molecule has 26 heavy (non-hydrogen) atoms. The van der Waals surface area contributed by atoms with E-state index in [9.17, 15) is 14.7 Å². The number of carboxylic acid groups (broad SMARTS) is 1. The van der Waals surface area contributed by atoms with Gasteiger partial charge in [0.15, 0.2) is 11.5 Å². The van der Waals surface area contributed by atoms with Gasteiger partial charge >= 0.3 is 5.97 Å². The van der Waals surface area contributed by atoms with Crippen LogP contribution in [-0.4, -0.2) is 36.7 Å². The number of rotatable bonds is 6. The van der Waals surface area contributed by atoms with Gasteiger partial charge in [-0.25, -0.2) is 0 Å². The Kier molecular flexibility index (Phi) is 5.63. The van der Waals surface area contributed by atoms with E-state index in [0.29, 0.717) is 40.9 Å². The molecule has 1 atom stereocenters. The van der Waals surface area contributed by atoms with Crippen molar-refractivity contribution >= 4 is 23.5 Å². The van der Waals surface area contributed by atoms with Crippen LogP contribution in [0.5, 0.6) is 11.5 Å². The molecule has 1 aliphatic heterocycles. The van der Waals surface area contributed by atoms with Gasteiger partial charge in [-0.05, 0) is 23.3 Å². The highest BCUT2D eigenvalue weighted by Crippen LogP contribution is 2.38. The van der Waals surface area contributed by atoms with Crippen LogP contribution >= 0.6 is 11.6 Å². The second-order valence-electron chi connectivity index (χ2n) is 5.88. The first kappa shape index (κ1) is 18.1. The summed E-state index contributed by atoms with van der Waals surface area (Å²) < 4.78 is 10.9. The van der Waals surface area contributed by atoms with Gasteiger partial charge in [-0.1, -0.05) is 41.9 Å². The summed E-state index contributed by atoms with van der Waals surface area (Å²) in [5, 5.41) is 12.5. The number of carbonyl (C=O) groups is 2. The van der Waals surface area contributed by atoms with Crippen LogP contribution in [0.25, 0.3) is 0 Å². The molecule has 0 saturated heterocycles. The van der Waals surface area contributed by atoms with Crippen LogP contribution in [0.4, 0.5) is 0 Å². The quantitative estimate of drug-likeness (QED) is 0.810. The van der Waals surface area contributed by atoms with Crippen molar-refractivity contribution in [1.82, 2.24) is 5.32 Å². The lowest BCUT2D eigenvalue weighted by molar-refractivity contribution is -0.138. The maximum absolute atomic E-state index is 12.2. The van der Waals surface area contributed by atoms with E-state index in [2.05, 4.69) is 5.32 Å². The molecule has 0 spiro atoms. The maximum atomic E-state index is 12.2. The first-order valence-electron chi connectivity index (χ1n) is 8.17. The largest absolute Gasteiger partial charge is 0.486 e. The van der Waals surface area contributed by atoms with E-state index in [-0.39, 0.29) is 18.9 Å². The lowest BCUT2D eigenvalue weighted by Gasteiger charge is -2.20. The minimum Gasteiger partial charge on any atom is -0.486 e. The number of nitrogens with one attached hydrogen (secondary N) is 1. The molecular formula is C19H18ClNO5. The van der Waals surface area contributed by atoms with Crippen LogP contribution in [0.3, 0.4) is 0 Å². The first-order chi connectivity index (χ1) is 12.5. The minimum absolute atomic E-state index is 0.0104. The number of hydrogen-bond acceptors (Lipinski definition) is 4. The molecule has 1 aliphatic rings. The van der Waals surface area contributed by atoms with E-state index < -0.39 is 11.9 Å². The summed E-state index contributed by atoms with van der Waals surface area (Å²) in [4.78, 5) is 23.7. The zero-order valence-electron chi connectivity index (χ0n) is 13.9. The SMILES string of the molecule is O=C(Cc1cc(Cl)c2c(c1)OCCO2)NCC(C(=O)O)c1ccccc1. The van der Waals surface area contributed by atoms with Crippen molar-refractivity contribution in [2.24, 2.45) is 0 Å². The second-order valence-corrected chi connectivity index (χ2v) is 6.29. The summed E-state index contributed by atoms with van der Waals surface area (Å²) in [6.07, 6.45) is 0.0670. The van der Waals surface area contributed by atoms with Gasteiger partial charge in [-0.2, -0.15) is 0 Å². The van der Waals surface area contributed by atoms with Crippen molar-refractivity contribution in [3.05, 3.63) is 58.6 Å². The average molecular weight is 376 g/mol. The number of carbonyl (C=O) groups excluding carboxylic acids is 1. The van der Waals surface area contributed by atoms with Gasteiger partial charge in [-0.3, -0.25) is 9.59 Å². The maximum Gasteiger partial charge on any atom is 0.312 e. The number of hydrogen-bond donors (Lipinski definition) is 2. The molecule has 2 aromatic rings. The average Bonchev–Trinajstić information content (AvgIpc) is 2.62. The van der Waals surface area contributed by atoms with Crippen molar-refractivity contribution < 1.29 is 24.2 Å². The van der Waals surface area contributed by atoms with E-state index in [1.54, 1.807) is 36.4 Å². The fraction of sp³-hybridized carbons (Fsp3) is 0.263. The molecule has 136 valence electrons. The molecule has 0 radical (unpaired) electrons. The number of fused-ring (bicyclic) bond motifs is 1. The molecule has 0 aliphatic carbocycles. The molecule has 0 aromatic heterocycles. The monoisotopic (exact) mass is 375 g/mol. The summed E-state index contributed by atoms with van der Waals surface area (Å²) in [5.41, 5.74) is 1.31. The van der Waals surface area contributed by atoms with Crippen molar-refractivity contribution in [2.45, 2.75) is 12.3 Å². The highest BCUT2D eigenvalue weighted by Gasteiger charge is 2.21. The van der Waals surface area contributed by atoms with E-state index in [1.807, 2.05) is 6.07 Å². The standard InChI is InChI=1S/C19H18ClNO5/c20-15-8-12(9-16-18(15)26-7-6-25-16)10-17(22)21-11-14(19(23)24)13-4-2-1-3-5-13/h1-5,8-9,14H,6-7,10-11H2,(H,21,22)(H,23,24). The van der Waals surface area contributed by atoms with Crippen molar-refractivity contribution in [2.75, 3.05) is 19.8 Å².